The van der Waals surface area contributed by atoms with Gasteiger partial charge in [-0.1, -0.05) is 12.8 Å². The van der Waals surface area contributed by atoms with Gasteiger partial charge in [-0.25, -0.2) is 4.98 Å². The number of ether oxygens (including phenoxy) is 1. The maximum Gasteiger partial charge on any atom is 0.147 e. The van der Waals surface area contributed by atoms with Gasteiger partial charge >= 0.3 is 0 Å². The van der Waals surface area contributed by atoms with Crippen molar-refractivity contribution in [2.24, 2.45) is 5.92 Å². The molecule has 0 radical (unpaired) electrons. The summed E-state index contributed by atoms with van der Waals surface area (Å²) in [5.41, 5.74) is 0. The maximum absolute atomic E-state index is 6.02. The largest absolute Gasteiger partial charge is 0.373 e. The van der Waals surface area contributed by atoms with E-state index in [1.54, 1.807) is 12.4 Å². The van der Waals surface area contributed by atoms with Crippen LogP contribution in [-0.4, -0.2) is 59.8 Å². The van der Waals surface area contributed by atoms with E-state index in [1.807, 2.05) is 6.20 Å². The second-order valence-corrected chi connectivity index (χ2v) is 6.60. The Morgan fingerprint density at radius 1 is 1.19 bits per heavy atom. The first kappa shape index (κ1) is 13.5. The van der Waals surface area contributed by atoms with Gasteiger partial charge < -0.3 is 9.64 Å². The van der Waals surface area contributed by atoms with E-state index in [2.05, 4.69) is 19.8 Å². The van der Waals surface area contributed by atoms with Crippen molar-refractivity contribution in [3.05, 3.63) is 18.6 Å². The molecule has 5 nitrogen and oxygen atoms in total. The molecule has 1 saturated carbocycles. The molecule has 0 bridgehead atoms. The monoisotopic (exact) mass is 288 g/mol. The van der Waals surface area contributed by atoms with Gasteiger partial charge in [0.05, 0.1) is 24.9 Å². The number of nitrogens with zero attached hydrogens (tertiary/aromatic N) is 4. The molecular weight excluding hydrogens is 264 g/mol. The zero-order chi connectivity index (χ0) is 14.1. The Balaban J connectivity index is 1.44. The van der Waals surface area contributed by atoms with Gasteiger partial charge in [0, 0.05) is 38.6 Å². The summed E-state index contributed by atoms with van der Waals surface area (Å²) < 4.78 is 6.02. The average molecular weight is 288 g/mol. The lowest BCUT2D eigenvalue weighted by Crippen LogP contribution is -2.51. The quantitative estimate of drug-likeness (QED) is 0.844. The first-order valence-corrected chi connectivity index (χ1v) is 8.27. The second kappa shape index (κ2) is 5.89. The van der Waals surface area contributed by atoms with Gasteiger partial charge in [0.15, 0.2) is 0 Å². The smallest absolute Gasteiger partial charge is 0.147 e. The molecule has 0 amide bonds. The van der Waals surface area contributed by atoms with Gasteiger partial charge in [-0.15, -0.1) is 0 Å². The predicted molar refractivity (Wildman–Crippen MR) is 81.3 cm³/mol. The van der Waals surface area contributed by atoms with Crippen molar-refractivity contribution < 1.29 is 4.74 Å². The van der Waals surface area contributed by atoms with Crippen molar-refractivity contribution in [1.29, 1.82) is 0 Å². The first-order chi connectivity index (χ1) is 10.4. The molecule has 0 unspecified atom stereocenters. The lowest BCUT2D eigenvalue weighted by molar-refractivity contribution is 0.0301. The SMILES string of the molecule is c1cnc(N2CCO[C@H]3CN(CC4CCCC4)C[C@H]32)cn1. The molecule has 4 rings (SSSR count). The standard InChI is InChI=1S/C16H24N4O/c1-2-4-13(3-1)10-19-11-14-15(12-19)21-8-7-20(14)16-9-17-5-6-18-16/h5-6,9,13-15H,1-4,7-8,10-12H2/t14-,15+/m1/s1. The molecule has 3 aliphatic rings. The van der Waals surface area contributed by atoms with Gasteiger partial charge in [-0.05, 0) is 18.8 Å². The van der Waals surface area contributed by atoms with Crippen LogP contribution in [0.3, 0.4) is 0 Å². The molecule has 2 aliphatic heterocycles. The van der Waals surface area contributed by atoms with Gasteiger partial charge in [-0.3, -0.25) is 9.88 Å². The number of hydrogen-bond acceptors (Lipinski definition) is 5. The van der Waals surface area contributed by atoms with E-state index in [9.17, 15) is 0 Å². The van der Waals surface area contributed by atoms with Crippen LogP contribution in [-0.2, 0) is 4.74 Å². The molecular formula is C16H24N4O. The van der Waals surface area contributed by atoms with E-state index in [0.717, 1.165) is 38.0 Å². The lowest BCUT2D eigenvalue weighted by Gasteiger charge is -2.37. The Morgan fingerprint density at radius 2 is 2.10 bits per heavy atom. The molecule has 1 aromatic rings. The van der Waals surface area contributed by atoms with Gasteiger partial charge in [0.2, 0.25) is 0 Å². The van der Waals surface area contributed by atoms with Crippen LogP contribution in [0.5, 0.6) is 0 Å². The van der Waals surface area contributed by atoms with Crippen LogP contribution in [0, 0.1) is 5.92 Å². The number of aromatic nitrogens is 2. The molecule has 0 aromatic carbocycles. The Kier molecular flexibility index (Phi) is 3.78. The van der Waals surface area contributed by atoms with Crippen molar-refractivity contribution in [3.63, 3.8) is 0 Å². The third kappa shape index (κ3) is 2.77. The number of likely N-dealkylation sites (tertiary alicyclic amines) is 1. The van der Waals surface area contributed by atoms with E-state index in [-0.39, 0.29) is 0 Å². The fourth-order valence-electron chi connectivity index (χ4n) is 4.20. The topological polar surface area (TPSA) is 41.5 Å². The van der Waals surface area contributed by atoms with Crippen LogP contribution in [0.1, 0.15) is 25.7 Å². The molecule has 0 spiro atoms. The third-order valence-electron chi connectivity index (χ3n) is 5.21. The fourth-order valence-corrected chi connectivity index (χ4v) is 4.20. The van der Waals surface area contributed by atoms with Crippen molar-refractivity contribution in [2.45, 2.75) is 37.8 Å². The van der Waals surface area contributed by atoms with Gasteiger partial charge in [0.25, 0.3) is 0 Å². The normalized spacial score (nSPS) is 30.8. The number of morpholine rings is 1. The Hall–Kier alpha value is -1.20. The van der Waals surface area contributed by atoms with E-state index in [1.165, 1.54) is 32.2 Å². The molecule has 5 heteroatoms. The summed E-state index contributed by atoms with van der Waals surface area (Å²) in [5.74, 6) is 1.91. The summed E-state index contributed by atoms with van der Waals surface area (Å²) in [6.45, 7) is 5.17. The van der Waals surface area contributed by atoms with Crippen molar-refractivity contribution in [2.75, 3.05) is 37.7 Å². The summed E-state index contributed by atoms with van der Waals surface area (Å²) in [4.78, 5) is 13.7. The lowest BCUT2D eigenvalue weighted by atomic mass is 10.1. The predicted octanol–water partition coefficient (Wildman–Crippen LogP) is 1.56. The Labute approximate surface area is 126 Å². The number of rotatable bonds is 3. The molecule has 2 saturated heterocycles. The molecule has 2 atom stereocenters. The van der Waals surface area contributed by atoms with Crippen LogP contribution in [0.15, 0.2) is 18.6 Å². The van der Waals surface area contributed by atoms with Crippen LogP contribution in [0.4, 0.5) is 5.82 Å². The molecule has 21 heavy (non-hydrogen) atoms. The second-order valence-electron chi connectivity index (χ2n) is 6.60. The number of hydrogen-bond donors (Lipinski definition) is 0. The van der Waals surface area contributed by atoms with Crippen LogP contribution in [0.25, 0.3) is 0 Å². The number of anilines is 1. The van der Waals surface area contributed by atoms with E-state index >= 15 is 0 Å². The molecule has 0 N–H and O–H groups in total. The van der Waals surface area contributed by atoms with Crippen LogP contribution in [0.2, 0.25) is 0 Å². The van der Waals surface area contributed by atoms with E-state index in [4.69, 9.17) is 4.74 Å². The molecule has 1 aliphatic carbocycles. The van der Waals surface area contributed by atoms with Crippen molar-refractivity contribution >= 4 is 5.82 Å². The minimum absolute atomic E-state index is 0.335. The summed E-state index contributed by atoms with van der Waals surface area (Å²) in [6, 6.07) is 0.442. The summed E-state index contributed by atoms with van der Waals surface area (Å²) >= 11 is 0. The molecule has 3 fully saturated rings. The fraction of sp³-hybridized carbons (Fsp3) is 0.750. The highest BCUT2D eigenvalue weighted by atomic mass is 16.5. The first-order valence-electron chi connectivity index (χ1n) is 8.27. The van der Waals surface area contributed by atoms with Crippen LogP contribution < -0.4 is 4.90 Å². The molecule has 1 aromatic heterocycles. The average Bonchev–Trinajstić information content (AvgIpc) is 3.17. The Morgan fingerprint density at radius 3 is 2.90 bits per heavy atom. The van der Waals surface area contributed by atoms with E-state index in [0.29, 0.717) is 12.1 Å². The molecule has 114 valence electrons. The minimum Gasteiger partial charge on any atom is -0.373 e. The van der Waals surface area contributed by atoms with Gasteiger partial charge in [0.1, 0.15) is 5.82 Å². The number of fused-ring (bicyclic) bond motifs is 1. The van der Waals surface area contributed by atoms with Crippen LogP contribution >= 0.6 is 0 Å². The summed E-state index contributed by atoms with van der Waals surface area (Å²) in [7, 11) is 0. The minimum atomic E-state index is 0.335. The van der Waals surface area contributed by atoms with Gasteiger partial charge in [-0.2, -0.15) is 0 Å². The third-order valence-corrected chi connectivity index (χ3v) is 5.21. The highest BCUT2D eigenvalue weighted by Gasteiger charge is 2.41. The van der Waals surface area contributed by atoms with E-state index < -0.39 is 0 Å². The highest BCUT2D eigenvalue weighted by molar-refractivity contribution is 5.38. The van der Waals surface area contributed by atoms with Crippen molar-refractivity contribution in [3.8, 4) is 0 Å². The van der Waals surface area contributed by atoms with Crippen molar-refractivity contribution in [1.82, 2.24) is 14.9 Å². The highest BCUT2D eigenvalue weighted by Crippen LogP contribution is 2.30. The zero-order valence-electron chi connectivity index (χ0n) is 12.5. The summed E-state index contributed by atoms with van der Waals surface area (Å²) in [6.07, 6.45) is 11.4. The molecule has 3 heterocycles. The Bertz CT molecular complexity index is 463. The zero-order valence-corrected chi connectivity index (χ0v) is 12.5. The maximum atomic E-state index is 6.02. The summed E-state index contributed by atoms with van der Waals surface area (Å²) in [5, 5.41) is 0.